The van der Waals surface area contributed by atoms with E-state index in [1.807, 2.05) is 40.1 Å². The number of carbonyl (C=O) groups is 2. The maximum absolute atomic E-state index is 14.3. The van der Waals surface area contributed by atoms with E-state index in [0.717, 1.165) is 43.5 Å². The molecule has 0 radical (unpaired) electrons. The van der Waals surface area contributed by atoms with Gasteiger partial charge in [-0.3, -0.25) is 0 Å². The summed E-state index contributed by atoms with van der Waals surface area (Å²) >= 11 is 0. The SMILES string of the molecule is COC(=O)C1=C(c2ccc(F)cc2OCc2ccccc2)C[C@@H]2CC[C@H]1N2C(=O)N1CCC(C)CC1. The van der Waals surface area contributed by atoms with Gasteiger partial charge in [-0.05, 0) is 61.3 Å². The Labute approximate surface area is 211 Å². The van der Waals surface area contributed by atoms with Crippen molar-refractivity contribution < 1.29 is 23.5 Å². The fraction of sp³-hybridized carbons (Fsp3) is 0.448. The number of hydrogen-bond donors (Lipinski definition) is 0. The molecule has 2 amide bonds. The number of benzene rings is 2. The van der Waals surface area contributed by atoms with Crippen LogP contribution in [0.25, 0.3) is 5.57 Å². The zero-order valence-corrected chi connectivity index (χ0v) is 20.9. The van der Waals surface area contributed by atoms with Crippen LogP contribution >= 0.6 is 0 Å². The van der Waals surface area contributed by atoms with Crippen molar-refractivity contribution in [3.05, 3.63) is 71.0 Å². The fourth-order valence-corrected chi connectivity index (χ4v) is 5.79. The van der Waals surface area contributed by atoms with Crippen LogP contribution in [0.5, 0.6) is 5.75 Å². The fourth-order valence-electron chi connectivity index (χ4n) is 5.79. The van der Waals surface area contributed by atoms with Crippen molar-refractivity contribution in [2.75, 3.05) is 20.2 Å². The number of rotatable bonds is 5. The van der Waals surface area contributed by atoms with E-state index in [2.05, 4.69) is 6.92 Å². The molecule has 3 heterocycles. The third-order valence-electron chi connectivity index (χ3n) is 7.79. The number of urea groups is 1. The number of piperidine rings is 1. The molecule has 3 aliphatic heterocycles. The summed E-state index contributed by atoms with van der Waals surface area (Å²) in [5, 5.41) is 0. The number of amides is 2. The first-order valence-electron chi connectivity index (χ1n) is 12.8. The number of hydrogen-bond acceptors (Lipinski definition) is 4. The third-order valence-corrected chi connectivity index (χ3v) is 7.79. The second-order valence-electron chi connectivity index (χ2n) is 10.1. The van der Waals surface area contributed by atoms with Gasteiger partial charge in [0.2, 0.25) is 0 Å². The van der Waals surface area contributed by atoms with Gasteiger partial charge in [0.15, 0.2) is 0 Å². The molecule has 0 saturated carbocycles. The monoisotopic (exact) mass is 492 g/mol. The van der Waals surface area contributed by atoms with E-state index in [0.29, 0.717) is 35.6 Å². The molecule has 2 aromatic rings. The van der Waals surface area contributed by atoms with Crippen molar-refractivity contribution in [1.82, 2.24) is 9.80 Å². The summed E-state index contributed by atoms with van der Waals surface area (Å²) in [6, 6.07) is 13.8. The molecule has 2 atom stereocenters. The van der Waals surface area contributed by atoms with E-state index in [4.69, 9.17) is 9.47 Å². The Bertz CT molecular complexity index is 1160. The Hall–Kier alpha value is -3.35. The molecule has 190 valence electrons. The van der Waals surface area contributed by atoms with Crippen molar-refractivity contribution in [3.63, 3.8) is 0 Å². The highest BCUT2D eigenvalue weighted by atomic mass is 19.1. The second kappa shape index (κ2) is 10.3. The summed E-state index contributed by atoms with van der Waals surface area (Å²) < 4.78 is 25.6. The van der Waals surface area contributed by atoms with E-state index >= 15 is 0 Å². The number of methoxy groups -OCH3 is 1. The van der Waals surface area contributed by atoms with Gasteiger partial charge in [-0.25, -0.2) is 14.0 Å². The summed E-state index contributed by atoms with van der Waals surface area (Å²) in [5.74, 6) is 0.159. The van der Waals surface area contributed by atoms with E-state index in [1.165, 1.54) is 19.2 Å². The van der Waals surface area contributed by atoms with Crippen molar-refractivity contribution in [1.29, 1.82) is 0 Å². The number of carbonyl (C=O) groups excluding carboxylic acids is 2. The van der Waals surface area contributed by atoms with Gasteiger partial charge in [-0.15, -0.1) is 0 Å². The van der Waals surface area contributed by atoms with Crippen molar-refractivity contribution in [2.45, 2.75) is 57.7 Å². The number of fused-ring (bicyclic) bond motifs is 2. The van der Waals surface area contributed by atoms with Gasteiger partial charge in [0, 0.05) is 30.8 Å². The number of likely N-dealkylation sites (tertiary alicyclic amines) is 1. The zero-order valence-electron chi connectivity index (χ0n) is 20.9. The van der Waals surface area contributed by atoms with Gasteiger partial charge in [0.25, 0.3) is 0 Å². The lowest BCUT2D eigenvalue weighted by Gasteiger charge is -2.41. The first kappa shape index (κ1) is 24.3. The molecular formula is C29H33FN2O4. The number of nitrogens with zero attached hydrogens (tertiary/aromatic N) is 2. The first-order chi connectivity index (χ1) is 17.5. The molecule has 6 nitrogen and oxygen atoms in total. The molecule has 5 rings (SSSR count). The maximum Gasteiger partial charge on any atom is 0.336 e. The third kappa shape index (κ3) is 4.71. The van der Waals surface area contributed by atoms with Crippen LogP contribution in [-0.4, -0.2) is 54.1 Å². The molecule has 0 spiro atoms. The lowest BCUT2D eigenvalue weighted by atomic mass is 9.87. The smallest absolute Gasteiger partial charge is 0.336 e. The highest BCUT2D eigenvalue weighted by Crippen LogP contribution is 2.46. The van der Waals surface area contributed by atoms with Gasteiger partial charge in [-0.2, -0.15) is 0 Å². The number of esters is 1. The van der Waals surface area contributed by atoms with Crippen molar-refractivity contribution in [2.24, 2.45) is 5.92 Å². The summed E-state index contributed by atoms with van der Waals surface area (Å²) in [7, 11) is 1.36. The number of ether oxygens (including phenoxy) is 2. The molecule has 2 aromatic carbocycles. The summed E-state index contributed by atoms with van der Waals surface area (Å²) in [4.78, 5) is 30.6. The van der Waals surface area contributed by atoms with Crippen LogP contribution in [0.2, 0.25) is 0 Å². The molecular weight excluding hydrogens is 459 g/mol. The Morgan fingerprint density at radius 2 is 1.78 bits per heavy atom. The van der Waals surface area contributed by atoms with Crippen LogP contribution in [0.1, 0.15) is 50.2 Å². The Morgan fingerprint density at radius 3 is 2.50 bits per heavy atom. The van der Waals surface area contributed by atoms with Gasteiger partial charge in [-0.1, -0.05) is 37.3 Å². The average Bonchev–Trinajstić information content (AvgIpc) is 3.21. The lowest BCUT2D eigenvalue weighted by Crippen LogP contribution is -2.53. The standard InChI is InChI=1S/C29H33FN2O4/c1-19-12-14-31(15-13-19)29(34)32-22-9-11-25(32)27(28(33)35-2)24(17-22)23-10-8-21(30)16-26(23)36-18-20-6-4-3-5-7-20/h3-8,10,16,19,22,25H,9,11-15,17-18H2,1-2H3/t22-,25+/m0/s1. The minimum atomic E-state index is -0.446. The molecule has 36 heavy (non-hydrogen) atoms. The molecule has 0 aromatic heterocycles. The topological polar surface area (TPSA) is 59.1 Å². The van der Waals surface area contributed by atoms with Gasteiger partial charge in [0.05, 0.1) is 18.7 Å². The summed E-state index contributed by atoms with van der Waals surface area (Å²) in [6.07, 6.45) is 4.02. The van der Waals surface area contributed by atoms with Crippen LogP contribution in [0, 0.1) is 11.7 Å². The Morgan fingerprint density at radius 1 is 1.03 bits per heavy atom. The van der Waals surface area contributed by atoms with Gasteiger partial charge in [0.1, 0.15) is 18.2 Å². The highest BCUT2D eigenvalue weighted by Gasteiger charge is 2.48. The normalized spacial score (nSPS) is 22.1. The lowest BCUT2D eigenvalue weighted by molar-refractivity contribution is -0.136. The number of halogens is 1. The molecule has 7 heteroatoms. The maximum atomic E-state index is 14.3. The van der Waals surface area contributed by atoms with Crippen molar-refractivity contribution >= 4 is 17.6 Å². The highest BCUT2D eigenvalue weighted by molar-refractivity contribution is 6.01. The minimum Gasteiger partial charge on any atom is -0.488 e. The predicted octanol–water partition coefficient (Wildman–Crippen LogP) is 5.42. The quantitative estimate of drug-likeness (QED) is 0.523. The van der Waals surface area contributed by atoms with E-state index in [-0.39, 0.29) is 24.7 Å². The van der Waals surface area contributed by atoms with Crippen LogP contribution in [0.3, 0.4) is 0 Å². The van der Waals surface area contributed by atoms with Crippen LogP contribution in [-0.2, 0) is 16.1 Å². The van der Waals surface area contributed by atoms with Gasteiger partial charge < -0.3 is 19.3 Å². The molecule has 0 N–H and O–H groups in total. The second-order valence-corrected chi connectivity index (χ2v) is 10.1. The Kier molecular flexibility index (Phi) is 6.99. The van der Waals surface area contributed by atoms with E-state index < -0.39 is 11.8 Å². The zero-order chi connectivity index (χ0) is 25.2. The van der Waals surface area contributed by atoms with E-state index in [1.54, 1.807) is 6.07 Å². The van der Waals surface area contributed by atoms with Gasteiger partial charge >= 0.3 is 12.0 Å². The van der Waals surface area contributed by atoms with Crippen molar-refractivity contribution in [3.8, 4) is 5.75 Å². The van der Waals surface area contributed by atoms with Crippen LogP contribution in [0.4, 0.5) is 9.18 Å². The first-order valence-corrected chi connectivity index (χ1v) is 12.8. The average molecular weight is 493 g/mol. The summed E-state index contributed by atoms with van der Waals surface area (Å²) in [5.41, 5.74) is 2.92. The molecule has 3 aliphatic rings. The van der Waals surface area contributed by atoms with Crippen LogP contribution < -0.4 is 4.74 Å². The minimum absolute atomic E-state index is 0.00881. The van der Waals surface area contributed by atoms with E-state index in [9.17, 15) is 14.0 Å². The van der Waals surface area contributed by atoms with Crippen LogP contribution in [0.15, 0.2) is 54.1 Å². The molecule has 0 aliphatic carbocycles. The molecule has 2 fully saturated rings. The largest absolute Gasteiger partial charge is 0.488 e. The predicted molar refractivity (Wildman–Crippen MR) is 135 cm³/mol. The molecule has 2 bridgehead atoms. The molecule has 0 unspecified atom stereocenters. The summed E-state index contributed by atoms with van der Waals surface area (Å²) in [6.45, 7) is 3.99. The molecule has 2 saturated heterocycles. The Balaban J connectivity index is 1.49.